The highest BCUT2D eigenvalue weighted by molar-refractivity contribution is 5.88. The lowest BCUT2D eigenvalue weighted by atomic mass is 10.1. The van der Waals surface area contributed by atoms with Gasteiger partial charge in [-0.3, -0.25) is 4.98 Å². The van der Waals surface area contributed by atoms with Gasteiger partial charge in [0.1, 0.15) is 17.9 Å². The molecule has 0 unspecified atom stereocenters. The van der Waals surface area contributed by atoms with Gasteiger partial charge in [-0.15, -0.1) is 0 Å². The van der Waals surface area contributed by atoms with Crippen LogP contribution in [0.25, 0.3) is 27.8 Å². The van der Waals surface area contributed by atoms with Crippen LogP contribution in [0, 0.1) is 0 Å². The van der Waals surface area contributed by atoms with Crippen molar-refractivity contribution in [3.8, 4) is 22.6 Å². The Kier molecular flexibility index (Phi) is 5.46. The van der Waals surface area contributed by atoms with E-state index in [-0.39, 0.29) is 0 Å². The molecule has 2 aromatic carbocycles. The Balaban J connectivity index is 1.26. The lowest BCUT2D eigenvalue weighted by Crippen LogP contribution is -2.47. The van der Waals surface area contributed by atoms with Crippen molar-refractivity contribution >= 4 is 22.5 Å². The van der Waals surface area contributed by atoms with E-state index in [9.17, 15) is 0 Å². The van der Waals surface area contributed by atoms with Crippen molar-refractivity contribution in [1.82, 2.24) is 24.7 Å². The Morgan fingerprint density at radius 3 is 2.40 bits per heavy atom. The first-order valence-corrected chi connectivity index (χ1v) is 11.6. The number of fused-ring (bicyclic) bond motifs is 1. The second-order valence-electron chi connectivity index (χ2n) is 8.43. The topological polar surface area (TPSA) is 72.2 Å². The third kappa shape index (κ3) is 3.93. The lowest BCUT2D eigenvalue weighted by molar-refractivity contribution is 0.413. The van der Waals surface area contributed by atoms with Gasteiger partial charge in [-0.1, -0.05) is 30.3 Å². The number of hydrogen-bond acceptors (Lipinski definition) is 7. The first-order chi connectivity index (χ1) is 17.3. The molecule has 6 rings (SSSR count). The highest BCUT2D eigenvalue weighted by Gasteiger charge is 2.23. The molecule has 0 saturated carbocycles. The number of rotatable bonds is 5. The average Bonchev–Trinajstić information content (AvgIpc) is 3.38. The third-order valence-electron chi connectivity index (χ3n) is 6.44. The monoisotopic (exact) mass is 463 g/mol. The van der Waals surface area contributed by atoms with Crippen LogP contribution in [0.2, 0.25) is 0 Å². The van der Waals surface area contributed by atoms with E-state index < -0.39 is 0 Å². The molecule has 4 heterocycles. The van der Waals surface area contributed by atoms with Crippen LogP contribution in [0.1, 0.15) is 0 Å². The molecule has 0 spiro atoms. The predicted molar refractivity (Wildman–Crippen MR) is 137 cm³/mol. The number of methoxy groups -OCH3 is 1. The predicted octanol–water partition coefficient (Wildman–Crippen LogP) is 4.21. The van der Waals surface area contributed by atoms with Crippen molar-refractivity contribution in [2.45, 2.75) is 0 Å². The van der Waals surface area contributed by atoms with Gasteiger partial charge in [0.2, 0.25) is 0 Å². The second-order valence-corrected chi connectivity index (χ2v) is 8.43. The fourth-order valence-corrected chi connectivity index (χ4v) is 4.65. The fourth-order valence-electron chi connectivity index (χ4n) is 4.65. The van der Waals surface area contributed by atoms with Crippen LogP contribution in [0.3, 0.4) is 0 Å². The van der Waals surface area contributed by atoms with Gasteiger partial charge in [-0.25, -0.2) is 14.6 Å². The summed E-state index contributed by atoms with van der Waals surface area (Å²) < 4.78 is 7.57. The molecule has 0 bridgehead atoms. The van der Waals surface area contributed by atoms with E-state index in [1.165, 1.54) is 0 Å². The lowest BCUT2D eigenvalue weighted by Gasteiger charge is -2.37. The third-order valence-corrected chi connectivity index (χ3v) is 6.44. The van der Waals surface area contributed by atoms with Crippen molar-refractivity contribution in [1.29, 1.82) is 0 Å². The first-order valence-electron chi connectivity index (χ1n) is 11.6. The number of aromatic nitrogens is 5. The van der Waals surface area contributed by atoms with Gasteiger partial charge in [-0.05, 0) is 35.9 Å². The molecule has 174 valence electrons. The summed E-state index contributed by atoms with van der Waals surface area (Å²) in [6, 6.07) is 20.4. The van der Waals surface area contributed by atoms with E-state index in [0.717, 1.165) is 71.3 Å². The fraction of sp³-hybridized carbons (Fsp3) is 0.185. The second kappa shape index (κ2) is 9.06. The number of para-hydroxylation sites is 1. The Morgan fingerprint density at radius 2 is 1.63 bits per heavy atom. The molecule has 0 aliphatic carbocycles. The van der Waals surface area contributed by atoms with Crippen LogP contribution in [0.15, 0.2) is 85.6 Å². The number of ether oxygens (including phenoxy) is 1. The van der Waals surface area contributed by atoms with Gasteiger partial charge >= 0.3 is 0 Å². The molecule has 1 fully saturated rings. The number of hydrogen-bond donors (Lipinski definition) is 0. The highest BCUT2D eigenvalue weighted by atomic mass is 16.5. The Morgan fingerprint density at radius 1 is 0.800 bits per heavy atom. The maximum absolute atomic E-state index is 5.70. The number of anilines is 2. The molecule has 8 heteroatoms. The largest absolute Gasteiger partial charge is 0.495 e. The van der Waals surface area contributed by atoms with Crippen LogP contribution < -0.4 is 14.5 Å². The molecule has 0 atom stereocenters. The summed E-state index contributed by atoms with van der Waals surface area (Å²) in [5.74, 6) is 1.80. The molecule has 3 aromatic heterocycles. The minimum Gasteiger partial charge on any atom is -0.495 e. The van der Waals surface area contributed by atoms with Crippen molar-refractivity contribution in [2.24, 2.45) is 0 Å². The smallest absolute Gasteiger partial charge is 0.168 e. The summed E-state index contributed by atoms with van der Waals surface area (Å²) in [6.07, 6.45) is 7.18. The minimum atomic E-state index is 0.814. The van der Waals surface area contributed by atoms with Crippen LogP contribution in [-0.4, -0.2) is 58.0 Å². The van der Waals surface area contributed by atoms with Gasteiger partial charge in [0.05, 0.1) is 30.1 Å². The number of nitrogens with zero attached hydrogens (tertiary/aromatic N) is 7. The van der Waals surface area contributed by atoms with Gasteiger partial charge in [-0.2, -0.15) is 5.10 Å². The van der Waals surface area contributed by atoms with E-state index in [1.807, 2.05) is 59.5 Å². The standard InChI is InChI=1S/C27H25N7O/c1-35-25-10-9-20(21-6-5-11-28-17-21)16-24(25)32-12-14-33(15-13-32)26-23-18-31-34(27(23)30-19-29-26)22-7-3-2-4-8-22/h2-11,16-19H,12-15H2,1H3. The van der Waals surface area contributed by atoms with Gasteiger partial charge in [0.15, 0.2) is 5.65 Å². The number of benzene rings is 2. The SMILES string of the molecule is COc1ccc(-c2cccnc2)cc1N1CCN(c2ncnc3c2cnn3-c2ccccc2)CC1. The molecule has 1 aliphatic rings. The quantitative estimate of drug-likeness (QED) is 0.387. The molecule has 5 aromatic rings. The van der Waals surface area contributed by atoms with Crippen LogP contribution in [0.5, 0.6) is 5.75 Å². The minimum absolute atomic E-state index is 0.814. The first kappa shape index (κ1) is 21.1. The number of piperazine rings is 1. The van der Waals surface area contributed by atoms with Crippen LogP contribution in [0.4, 0.5) is 11.5 Å². The highest BCUT2D eigenvalue weighted by Crippen LogP contribution is 2.34. The van der Waals surface area contributed by atoms with Crippen molar-refractivity contribution < 1.29 is 4.74 Å². The molecule has 0 N–H and O–H groups in total. The van der Waals surface area contributed by atoms with Crippen molar-refractivity contribution in [3.05, 3.63) is 85.6 Å². The summed E-state index contributed by atoms with van der Waals surface area (Å²) in [4.78, 5) is 18.1. The maximum Gasteiger partial charge on any atom is 0.168 e. The Hall–Kier alpha value is -4.46. The molecule has 35 heavy (non-hydrogen) atoms. The van der Waals surface area contributed by atoms with E-state index >= 15 is 0 Å². The maximum atomic E-state index is 5.70. The Labute approximate surface area is 203 Å². The van der Waals surface area contributed by atoms with Gasteiger partial charge in [0, 0.05) is 44.1 Å². The zero-order valence-electron chi connectivity index (χ0n) is 19.5. The van der Waals surface area contributed by atoms with Crippen LogP contribution >= 0.6 is 0 Å². The summed E-state index contributed by atoms with van der Waals surface area (Å²) in [7, 11) is 1.72. The van der Waals surface area contributed by atoms with Gasteiger partial charge < -0.3 is 14.5 Å². The molecular weight excluding hydrogens is 438 g/mol. The zero-order chi connectivity index (χ0) is 23.6. The normalized spacial score (nSPS) is 13.9. The molecule has 8 nitrogen and oxygen atoms in total. The summed E-state index contributed by atoms with van der Waals surface area (Å²) in [5, 5.41) is 5.56. The molecule has 1 saturated heterocycles. The van der Waals surface area contributed by atoms with E-state index in [0.29, 0.717) is 0 Å². The summed E-state index contributed by atoms with van der Waals surface area (Å²) in [5.41, 5.74) is 5.11. The van der Waals surface area contributed by atoms with E-state index in [4.69, 9.17) is 4.74 Å². The van der Waals surface area contributed by atoms with Gasteiger partial charge in [0.25, 0.3) is 0 Å². The molecule has 0 amide bonds. The molecular formula is C27H25N7O. The Bertz CT molecular complexity index is 1440. The van der Waals surface area contributed by atoms with Crippen LogP contribution in [-0.2, 0) is 0 Å². The number of pyridine rings is 1. The summed E-state index contributed by atoms with van der Waals surface area (Å²) in [6.45, 7) is 3.38. The average molecular weight is 464 g/mol. The molecule has 0 radical (unpaired) electrons. The van der Waals surface area contributed by atoms with E-state index in [1.54, 1.807) is 19.6 Å². The van der Waals surface area contributed by atoms with Crippen molar-refractivity contribution in [3.63, 3.8) is 0 Å². The zero-order valence-corrected chi connectivity index (χ0v) is 19.5. The van der Waals surface area contributed by atoms with Crippen molar-refractivity contribution in [2.75, 3.05) is 43.1 Å². The van der Waals surface area contributed by atoms with E-state index in [2.05, 4.69) is 48.0 Å². The molecule has 1 aliphatic heterocycles. The summed E-state index contributed by atoms with van der Waals surface area (Å²) >= 11 is 0.